The lowest BCUT2D eigenvalue weighted by Crippen LogP contribution is -2.23. The monoisotopic (exact) mass is 189 g/mol. The van der Waals surface area contributed by atoms with E-state index >= 15 is 0 Å². The van der Waals surface area contributed by atoms with Crippen molar-refractivity contribution >= 4 is 21.9 Å². The number of nitrogens with zero attached hydrogens (tertiary/aromatic N) is 1. The Labute approximate surface area is 59.0 Å². The van der Waals surface area contributed by atoms with Crippen molar-refractivity contribution in [2.45, 2.75) is 0 Å². The molecule has 1 rings (SSSR count). The van der Waals surface area contributed by atoms with Crippen LogP contribution in [0.2, 0.25) is 0 Å². The van der Waals surface area contributed by atoms with Crippen LogP contribution in [0.5, 0.6) is 0 Å². The van der Waals surface area contributed by atoms with Gasteiger partial charge in [0.05, 0.1) is 22.3 Å². The third kappa shape index (κ3) is 1.10. The molecule has 0 unspecified atom stereocenters. The Bertz CT molecular complexity index is 232. The van der Waals surface area contributed by atoms with Crippen molar-refractivity contribution < 1.29 is 9.90 Å². The van der Waals surface area contributed by atoms with Gasteiger partial charge in [-0.2, -0.15) is 5.10 Å². The van der Waals surface area contributed by atoms with Crippen LogP contribution in [0.25, 0.3) is 0 Å². The molecule has 0 aliphatic carbocycles. The minimum Gasteiger partial charge on any atom is -0.543 e. The van der Waals surface area contributed by atoms with E-state index in [2.05, 4.69) is 26.1 Å². The number of carbonyl (C=O) groups excluding carboxylic acids is 1. The molecule has 0 bridgehead atoms. The lowest BCUT2D eigenvalue weighted by molar-refractivity contribution is -0.255. The van der Waals surface area contributed by atoms with E-state index in [9.17, 15) is 9.90 Å². The molecule has 0 spiro atoms. The second kappa shape index (κ2) is 2.18. The first-order valence-electron chi connectivity index (χ1n) is 2.12. The van der Waals surface area contributed by atoms with Gasteiger partial charge in [-0.25, -0.2) is 0 Å². The summed E-state index contributed by atoms with van der Waals surface area (Å²) in [6.45, 7) is 0. The summed E-state index contributed by atoms with van der Waals surface area (Å²) in [4.78, 5) is 10.1. The number of hydrogen-bond acceptors (Lipinski definition) is 3. The Morgan fingerprint density at radius 2 is 2.56 bits per heavy atom. The van der Waals surface area contributed by atoms with Gasteiger partial charge in [0.15, 0.2) is 0 Å². The van der Waals surface area contributed by atoms with Crippen LogP contribution in [-0.4, -0.2) is 16.2 Å². The number of aromatic carboxylic acids is 1. The number of rotatable bonds is 1. The van der Waals surface area contributed by atoms with E-state index in [-0.39, 0.29) is 5.69 Å². The Balaban J connectivity index is 3.08. The number of H-pyrrole nitrogens is 1. The van der Waals surface area contributed by atoms with Crippen LogP contribution < -0.4 is 5.11 Å². The zero-order chi connectivity index (χ0) is 6.85. The highest BCUT2D eigenvalue weighted by Gasteiger charge is 1.99. The molecule has 0 aliphatic rings. The summed E-state index contributed by atoms with van der Waals surface area (Å²) < 4.78 is 0.405. The van der Waals surface area contributed by atoms with E-state index in [1.165, 1.54) is 6.20 Å². The molecule has 0 aliphatic heterocycles. The summed E-state index contributed by atoms with van der Waals surface area (Å²) in [6, 6.07) is 0. The molecule has 0 saturated carbocycles. The fourth-order valence-electron chi connectivity index (χ4n) is 0.415. The summed E-state index contributed by atoms with van der Waals surface area (Å²) in [5.74, 6) is -1.26. The Hall–Kier alpha value is -0.840. The maximum Gasteiger partial charge on any atom is 0.0947 e. The SMILES string of the molecule is O=C([O-])c1[nH]ncc1Br. The number of carbonyl (C=O) groups is 1. The fraction of sp³-hybridized carbons (Fsp3) is 0. The van der Waals surface area contributed by atoms with Crippen LogP contribution in [0.15, 0.2) is 10.7 Å². The van der Waals surface area contributed by atoms with Gasteiger partial charge >= 0.3 is 0 Å². The van der Waals surface area contributed by atoms with Crippen LogP contribution in [0, 0.1) is 0 Å². The molecule has 48 valence electrons. The first kappa shape index (κ1) is 6.28. The summed E-state index contributed by atoms with van der Waals surface area (Å²) in [6.07, 6.45) is 1.35. The quantitative estimate of drug-likeness (QED) is 0.651. The lowest BCUT2D eigenvalue weighted by Gasteiger charge is -1.94. The number of halogens is 1. The largest absolute Gasteiger partial charge is 0.543 e. The Morgan fingerprint density at radius 1 is 1.89 bits per heavy atom. The topological polar surface area (TPSA) is 68.8 Å². The maximum absolute atomic E-state index is 10.1. The van der Waals surface area contributed by atoms with Crippen molar-refractivity contribution in [1.29, 1.82) is 0 Å². The number of aromatic nitrogens is 2. The van der Waals surface area contributed by atoms with Gasteiger partial charge in [-0.3, -0.25) is 5.10 Å². The first-order chi connectivity index (χ1) is 4.22. The second-order valence-corrected chi connectivity index (χ2v) is 2.23. The molecular formula is C4H2BrN2O2-. The third-order valence-electron chi connectivity index (χ3n) is 0.797. The lowest BCUT2D eigenvalue weighted by atomic mass is 10.4. The van der Waals surface area contributed by atoms with Crippen molar-refractivity contribution in [1.82, 2.24) is 10.2 Å². The average Bonchev–Trinajstić information content (AvgIpc) is 2.13. The molecule has 0 aromatic carbocycles. The highest BCUT2D eigenvalue weighted by molar-refractivity contribution is 9.10. The fourth-order valence-corrected chi connectivity index (χ4v) is 0.768. The maximum atomic E-state index is 10.1. The molecule has 1 aromatic heterocycles. The minimum absolute atomic E-state index is 0.0324. The van der Waals surface area contributed by atoms with E-state index in [0.717, 1.165) is 0 Å². The number of hydrogen-bond donors (Lipinski definition) is 1. The highest BCUT2D eigenvalue weighted by Crippen LogP contribution is 2.10. The summed E-state index contributed by atoms with van der Waals surface area (Å²) in [5.41, 5.74) is -0.0324. The molecular weight excluding hydrogens is 188 g/mol. The number of carboxylic acid groups (broad SMARTS) is 1. The molecule has 0 atom stereocenters. The van der Waals surface area contributed by atoms with Gasteiger partial charge in [-0.15, -0.1) is 0 Å². The van der Waals surface area contributed by atoms with Crippen LogP contribution in [0.4, 0.5) is 0 Å². The normalized spacial score (nSPS) is 9.44. The standard InChI is InChI=1S/C4H3BrN2O2/c5-2-1-6-7-3(2)4(8)9/h1H,(H,6,7)(H,8,9)/p-1. The molecule has 1 N–H and O–H groups in total. The predicted molar refractivity (Wildman–Crippen MR) is 30.6 cm³/mol. The molecule has 5 heteroatoms. The van der Waals surface area contributed by atoms with Crippen molar-refractivity contribution in [3.05, 3.63) is 16.4 Å². The van der Waals surface area contributed by atoms with E-state index in [1.54, 1.807) is 0 Å². The molecule has 0 amide bonds. The smallest absolute Gasteiger partial charge is 0.0947 e. The van der Waals surface area contributed by atoms with Crippen LogP contribution >= 0.6 is 15.9 Å². The molecule has 0 radical (unpaired) electrons. The van der Waals surface area contributed by atoms with Gasteiger partial charge in [0, 0.05) is 0 Å². The molecule has 4 nitrogen and oxygen atoms in total. The van der Waals surface area contributed by atoms with Gasteiger partial charge < -0.3 is 9.90 Å². The zero-order valence-corrected chi connectivity index (χ0v) is 5.81. The average molecular weight is 190 g/mol. The van der Waals surface area contributed by atoms with Gasteiger partial charge in [-0.05, 0) is 15.9 Å². The number of aromatic amines is 1. The van der Waals surface area contributed by atoms with Crippen molar-refractivity contribution in [2.75, 3.05) is 0 Å². The van der Waals surface area contributed by atoms with Gasteiger partial charge in [0.1, 0.15) is 0 Å². The zero-order valence-electron chi connectivity index (χ0n) is 4.22. The van der Waals surface area contributed by atoms with Gasteiger partial charge in [-0.1, -0.05) is 0 Å². The Kier molecular flexibility index (Phi) is 1.52. The summed E-state index contributed by atoms with van der Waals surface area (Å²) in [7, 11) is 0. The molecule has 1 aromatic rings. The summed E-state index contributed by atoms with van der Waals surface area (Å²) in [5, 5.41) is 15.8. The predicted octanol–water partition coefficient (Wildman–Crippen LogP) is -0.464. The van der Waals surface area contributed by atoms with Crippen molar-refractivity contribution in [2.24, 2.45) is 0 Å². The van der Waals surface area contributed by atoms with Crippen molar-refractivity contribution in [3.63, 3.8) is 0 Å². The first-order valence-corrected chi connectivity index (χ1v) is 2.91. The van der Waals surface area contributed by atoms with E-state index in [4.69, 9.17) is 0 Å². The number of nitrogens with one attached hydrogen (secondary N) is 1. The summed E-state index contributed by atoms with van der Waals surface area (Å²) >= 11 is 2.95. The molecule has 0 fully saturated rings. The van der Waals surface area contributed by atoms with E-state index < -0.39 is 5.97 Å². The third-order valence-corrected chi connectivity index (χ3v) is 1.40. The van der Waals surface area contributed by atoms with Crippen LogP contribution in [0.1, 0.15) is 10.5 Å². The van der Waals surface area contributed by atoms with Gasteiger partial charge in [0.2, 0.25) is 0 Å². The van der Waals surface area contributed by atoms with Crippen LogP contribution in [0.3, 0.4) is 0 Å². The molecule has 1 heterocycles. The molecule has 0 saturated heterocycles. The second-order valence-electron chi connectivity index (χ2n) is 1.38. The minimum atomic E-state index is -1.26. The Morgan fingerprint density at radius 3 is 2.78 bits per heavy atom. The van der Waals surface area contributed by atoms with Gasteiger partial charge in [0.25, 0.3) is 0 Å². The van der Waals surface area contributed by atoms with Crippen LogP contribution in [-0.2, 0) is 0 Å². The van der Waals surface area contributed by atoms with E-state index in [0.29, 0.717) is 4.47 Å². The molecule has 9 heavy (non-hydrogen) atoms. The van der Waals surface area contributed by atoms with Crippen molar-refractivity contribution in [3.8, 4) is 0 Å². The number of carboxylic acids is 1. The highest BCUT2D eigenvalue weighted by atomic mass is 79.9. The van der Waals surface area contributed by atoms with E-state index in [1.807, 2.05) is 0 Å².